The highest BCUT2D eigenvalue weighted by Gasteiger charge is 2.15. The molecule has 1 heterocycles. The second kappa shape index (κ2) is 10.1. The van der Waals surface area contributed by atoms with Crippen molar-refractivity contribution in [1.82, 2.24) is 9.97 Å². The normalized spacial score (nSPS) is 10.2. The number of carbonyl (C=O) groups excluding carboxylic acids is 2. The number of esters is 2. The van der Waals surface area contributed by atoms with Gasteiger partial charge in [-0.1, -0.05) is 0 Å². The molecule has 0 aliphatic heterocycles. The van der Waals surface area contributed by atoms with Crippen molar-refractivity contribution in [2.24, 2.45) is 0 Å². The molecule has 2 aromatic rings. The second-order valence-electron chi connectivity index (χ2n) is 5.66. The van der Waals surface area contributed by atoms with Gasteiger partial charge in [0.25, 0.3) is 0 Å². The molecule has 0 amide bonds. The van der Waals surface area contributed by atoms with Gasteiger partial charge in [0.2, 0.25) is 0 Å². The average Bonchev–Trinajstić information content (AvgIpc) is 2.72. The number of nitrogens with zero attached hydrogens (tertiary/aromatic N) is 2. The number of rotatable bonds is 9. The zero-order chi connectivity index (χ0) is 20.5. The maximum absolute atomic E-state index is 11.9. The highest BCUT2D eigenvalue weighted by Crippen LogP contribution is 2.27. The fraction of sp³-hybridized carbons (Fsp3) is 0.333. The molecular weight excluding hydrogens is 366 g/mol. The van der Waals surface area contributed by atoms with Crippen molar-refractivity contribution in [3.8, 4) is 0 Å². The van der Waals surface area contributed by atoms with E-state index in [9.17, 15) is 9.59 Å². The lowest BCUT2D eigenvalue weighted by atomic mass is 10.1. The molecule has 0 aliphatic rings. The van der Waals surface area contributed by atoms with Crippen LogP contribution in [0.25, 0.3) is 0 Å². The molecule has 0 aliphatic carbocycles. The first-order valence-corrected chi connectivity index (χ1v) is 8.42. The molecular formula is C18H23N5O5. The molecule has 0 saturated heterocycles. The summed E-state index contributed by atoms with van der Waals surface area (Å²) in [6.07, 6.45) is 2.13. The zero-order valence-corrected chi connectivity index (χ0v) is 15.9. The summed E-state index contributed by atoms with van der Waals surface area (Å²) in [4.78, 5) is 32.0. The van der Waals surface area contributed by atoms with E-state index in [-0.39, 0.29) is 11.1 Å². The summed E-state index contributed by atoms with van der Waals surface area (Å²) < 4.78 is 14.5. The lowest BCUT2D eigenvalue weighted by Crippen LogP contribution is -2.11. The highest BCUT2D eigenvalue weighted by molar-refractivity contribution is 5.97. The molecule has 1 aromatic carbocycles. The Morgan fingerprint density at radius 2 is 1.61 bits per heavy atom. The number of hydrogen-bond acceptors (Lipinski definition) is 10. The van der Waals surface area contributed by atoms with Gasteiger partial charge >= 0.3 is 11.9 Å². The molecule has 0 radical (unpaired) electrons. The number of aromatic nitrogens is 2. The van der Waals surface area contributed by atoms with Crippen molar-refractivity contribution in [1.29, 1.82) is 0 Å². The predicted octanol–water partition coefficient (Wildman–Crippen LogP) is 1.82. The zero-order valence-electron chi connectivity index (χ0n) is 15.9. The van der Waals surface area contributed by atoms with E-state index in [1.807, 2.05) is 0 Å². The maximum Gasteiger partial charge on any atom is 0.337 e. The first-order chi connectivity index (χ1) is 13.5. The van der Waals surface area contributed by atoms with Crippen LogP contribution in [0.4, 0.5) is 23.0 Å². The molecule has 0 atom stereocenters. The van der Waals surface area contributed by atoms with E-state index in [4.69, 9.17) is 19.9 Å². The molecule has 0 bridgehead atoms. The van der Waals surface area contributed by atoms with Crippen molar-refractivity contribution >= 4 is 34.9 Å². The third-order valence-electron chi connectivity index (χ3n) is 3.74. The van der Waals surface area contributed by atoms with Gasteiger partial charge in [0.05, 0.1) is 25.3 Å². The quantitative estimate of drug-likeness (QED) is 0.430. The Balaban J connectivity index is 2.29. The Hall–Kier alpha value is -3.40. The lowest BCUT2D eigenvalue weighted by molar-refractivity contribution is 0.0599. The fourth-order valence-electron chi connectivity index (χ4n) is 2.37. The van der Waals surface area contributed by atoms with Crippen molar-refractivity contribution < 1.29 is 23.8 Å². The standard InChI is InChI=1S/C18H23N5O5/c1-26-6-4-5-20-15-14(19)16(22-10-21-15)23-13-8-11(17(24)27-2)7-12(9-13)18(25)28-3/h7-10H,4-6,19H2,1-3H3,(H2,20,21,22,23). The topological polar surface area (TPSA) is 138 Å². The van der Waals surface area contributed by atoms with E-state index in [0.717, 1.165) is 6.42 Å². The summed E-state index contributed by atoms with van der Waals surface area (Å²) in [5.74, 6) is -0.400. The Morgan fingerprint density at radius 1 is 1.00 bits per heavy atom. The Kier molecular flexibility index (Phi) is 7.52. The van der Waals surface area contributed by atoms with Gasteiger partial charge in [-0.3, -0.25) is 0 Å². The second-order valence-corrected chi connectivity index (χ2v) is 5.66. The van der Waals surface area contributed by atoms with Crippen LogP contribution < -0.4 is 16.4 Å². The number of nitrogens with two attached hydrogens (primary N) is 1. The van der Waals surface area contributed by atoms with E-state index < -0.39 is 11.9 Å². The molecule has 1 aromatic heterocycles. The van der Waals surface area contributed by atoms with Gasteiger partial charge in [-0.25, -0.2) is 19.6 Å². The SMILES string of the molecule is COCCCNc1ncnc(Nc2cc(C(=O)OC)cc(C(=O)OC)c2)c1N. The van der Waals surface area contributed by atoms with E-state index in [0.29, 0.717) is 36.2 Å². The van der Waals surface area contributed by atoms with Crippen LogP contribution in [0.1, 0.15) is 27.1 Å². The largest absolute Gasteiger partial charge is 0.465 e. The molecule has 0 saturated carbocycles. The first-order valence-electron chi connectivity index (χ1n) is 8.42. The van der Waals surface area contributed by atoms with Crippen LogP contribution in [0, 0.1) is 0 Å². The van der Waals surface area contributed by atoms with Crippen LogP contribution in [0.15, 0.2) is 24.5 Å². The first kappa shape index (κ1) is 20.9. The van der Waals surface area contributed by atoms with Crippen molar-refractivity contribution in [3.05, 3.63) is 35.7 Å². The van der Waals surface area contributed by atoms with E-state index in [1.165, 1.54) is 38.7 Å². The number of nitrogens with one attached hydrogen (secondary N) is 2. The van der Waals surface area contributed by atoms with Crippen molar-refractivity contribution in [3.63, 3.8) is 0 Å². The average molecular weight is 389 g/mol. The van der Waals surface area contributed by atoms with Crippen LogP contribution >= 0.6 is 0 Å². The van der Waals surface area contributed by atoms with Gasteiger partial charge in [-0.05, 0) is 24.6 Å². The third-order valence-corrected chi connectivity index (χ3v) is 3.74. The summed E-state index contributed by atoms with van der Waals surface area (Å²) in [6, 6.07) is 4.42. The maximum atomic E-state index is 11.9. The van der Waals surface area contributed by atoms with E-state index in [2.05, 4.69) is 20.6 Å². The molecule has 0 spiro atoms. The van der Waals surface area contributed by atoms with Crippen molar-refractivity contribution in [2.75, 3.05) is 50.8 Å². The highest BCUT2D eigenvalue weighted by atomic mass is 16.5. The minimum absolute atomic E-state index is 0.179. The Bertz CT molecular complexity index is 809. The van der Waals surface area contributed by atoms with E-state index in [1.54, 1.807) is 7.11 Å². The van der Waals surface area contributed by atoms with Gasteiger partial charge in [0.1, 0.15) is 12.0 Å². The summed E-state index contributed by atoms with van der Waals surface area (Å²) in [5.41, 5.74) is 7.20. The van der Waals surface area contributed by atoms with Crippen LogP contribution in [-0.4, -0.2) is 56.4 Å². The molecule has 150 valence electrons. The van der Waals surface area contributed by atoms with Gasteiger partial charge < -0.3 is 30.6 Å². The van der Waals surface area contributed by atoms with Gasteiger partial charge in [-0.2, -0.15) is 0 Å². The van der Waals surface area contributed by atoms with Crippen LogP contribution in [-0.2, 0) is 14.2 Å². The van der Waals surface area contributed by atoms with Crippen LogP contribution in [0.2, 0.25) is 0 Å². The molecule has 10 heteroatoms. The smallest absolute Gasteiger partial charge is 0.337 e. The van der Waals surface area contributed by atoms with Crippen LogP contribution in [0.3, 0.4) is 0 Å². The minimum atomic E-state index is -0.593. The third kappa shape index (κ3) is 5.30. The van der Waals surface area contributed by atoms with Gasteiger partial charge in [-0.15, -0.1) is 0 Å². The molecule has 2 rings (SSSR count). The van der Waals surface area contributed by atoms with Gasteiger partial charge in [0, 0.05) is 25.9 Å². The summed E-state index contributed by atoms with van der Waals surface area (Å²) in [6.45, 7) is 1.23. The molecule has 10 nitrogen and oxygen atoms in total. The number of benzene rings is 1. The summed E-state index contributed by atoms with van der Waals surface area (Å²) in [5, 5.41) is 6.10. The number of carbonyl (C=O) groups is 2. The number of anilines is 4. The Morgan fingerprint density at radius 3 is 2.18 bits per heavy atom. The van der Waals surface area contributed by atoms with Gasteiger partial charge in [0.15, 0.2) is 11.6 Å². The van der Waals surface area contributed by atoms with E-state index >= 15 is 0 Å². The monoisotopic (exact) mass is 389 g/mol. The van der Waals surface area contributed by atoms with Crippen LogP contribution in [0.5, 0.6) is 0 Å². The number of nitrogen functional groups attached to an aromatic ring is 1. The summed E-state index contributed by atoms with van der Waals surface area (Å²) >= 11 is 0. The van der Waals surface area contributed by atoms with Crippen molar-refractivity contribution in [2.45, 2.75) is 6.42 Å². The number of methoxy groups -OCH3 is 3. The Labute approximate surface area is 162 Å². The molecule has 0 fully saturated rings. The fourth-order valence-corrected chi connectivity index (χ4v) is 2.37. The number of ether oxygens (including phenoxy) is 3. The molecule has 0 unspecified atom stereocenters. The minimum Gasteiger partial charge on any atom is -0.465 e. The molecule has 28 heavy (non-hydrogen) atoms. The lowest BCUT2D eigenvalue weighted by Gasteiger charge is -2.14. The summed E-state index contributed by atoms with van der Waals surface area (Å²) in [7, 11) is 4.14. The predicted molar refractivity (Wildman–Crippen MR) is 104 cm³/mol. The molecule has 4 N–H and O–H groups in total. The number of hydrogen-bond donors (Lipinski definition) is 3.